The molecule has 20 heavy (non-hydrogen) atoms. The topological polar surface area (TPSA) is 86.5 Å². The van der Waals surface area contributed by atoms with Crippen molar-refractivity contribution < 1.29 is 9.21 Å². The van der Waals surface area contributed by atoms with Gasteiger partial charge in [-0.05, 0) is 0 Å². The lowest BCUT2D eigenvalue weighted by molar-refractivity contribution is -0.118. The van der Waals surface area contributed by atoms with Gasteiger partial charge in [-0.25, -0.2) is 0 Å². The fourth-order valence-corrected chi connectivity index (χ4v) is 2.53. The first-order chi connectivity index (χ1) is 9.70. The molecule has 3 heterocycles. The first-order valence-electron chi connectivity index (χ1n) is 6.98. The van der Waals surface area contributed by atoms with Crippen LogP contribution in [0.4, 0.5) is 6.01 Å². The molecule has 2 saturated heterocycles. The van der Waals surface area contributed by atoms with Crippen LogP contribution in [0.1, 0.15) is 5.89 Å². The highest BCUT2D eigenvalue weighted by molar-refractivity contribution is 5.90. The van der Waals surface area contributed by atoms with Gasteiger partial charge in [0.05, 0.1) is 6.54 Å². The summed E-state index contributed by atoms with van der Waals surface area (Å²) in [5.74, 6) is 0.343. The second-order valence-corrected chi connectivity index (χ2v) is 5.30. The number of anilines is 1. The van der Waals surface area contributed by atoms with Gasteiger partial charge < -0.3 is 9.73 Å². The molecule has 2 aliphatic heterocycles. The van der Waals surface area contributed by atoms with E-state index in [1.54, 1.807) is 6.92 Å². The summed E-state index contributed by atoms with van der Waals surface area (Å²) in [5, 5.41) is 13.3. The van der Waals surface area contributed by atoms with Gasteiger partial charge >= 0.3 is 6.01 Å². The Balaban J connectivity index is 1.41. The molecule has 8 heteroatoms. The minimum absolute atomic E-state index is 0.104. The molecule has 0 bridgehead atoms. The van der Waals surface area contributed by atoms with Gasteiger partial charge in [0.15, 0.2) is 0 Å². The van der Waals surface area contributed by atoms with Crippen molar-refractivity contribution in [3.63, 3.8) is 0 Å². The van der Waals surface area contributed by atoms with Gasteiger partial charge in [0, 0.05) is 52.2 Å². The Labute approximate surface area is 117 Å². The van der Waals surface area contributed by atoms with Crippen LogP contribution in [0.3, 0.4) is 0 Å². The van der Waals surface area contributed by atoms with Crippen molar-refractivity contribution in [1.29, 1.82) is 0 Å². The monoisotopic (exact) mass is 280 g/mol. The van der Waals surface area contributed by atoms with Crippen molar-refractivity contribution in [2.24, 2.45) is 0 Å². The van der Waals surface area contributed by atoms with E-state index in [9.17, 15) is 4.79 Å². The molecule has 0 unspecified atom stereocenters. The first kappa shape index (κ1) is 13.5. The van der Waals surface area contributed by atoms with Crippen molar-refractivity contribution in [2.75, 3.05) is 51.1 Å². The number of carbonyl (C=O) groups is 1. The Morgan fingerprint density at radius 2 is 2.10 bits per heavy atom. The maximum Gasteiger partial charge on any atom is 0.322 e. The highest BCUT2D eigenvalue weighted by atomic mass is 16.4. The smallest absolute Gasteiger partial charge is 0.322 e. The van der Waals surface area contributed by atoms with Crippen molar-refractivity contribution in [2.45, 2.75) is 13.0 Å². The van der Waals surface area contributed by atoms with Crippen LogP contribution in [0.5, 0.6) is 0 Å². The Kier molecular flexibility index (Phi) is 3.95. The number of hydrogen-bond donors (Lipinski definition) is 2. The second kappa shape index (κ2) is 5.86. The summed E-state index contributed by atoms with van der Waals surface area (Å²) in [7, 11) is 0. The number of carbonyl (C=O) groups excluding carboxylic acids is 1. The molecule has 1 aromatic heterocycles. The number of nitrogens with one attached hydrogen (secondary N) is 2. The molecule has 2 fully saturated rings. The zero-order chi connectivity index (χ0) is 13.9. The van der Waals surface area contributed by atoms with Crippen LogP contribution in [-0.2, 0) is 4.79 Å². The normalized spacial score (nSPS) is 21.6. The van der Waals surface area contributed by atoms with Gasteiger partial charge in [0.2, 0.25) is 11.8 Å². The molecule has 3 rings (SSSR count). The number of nitrogens with zero attached hydrogens (tertiary/aromatic N) is 4. The molecule has 0 atom stereocenters. The van der Waals surface area contributed by atoms with Gasteiger partial charge in [0.25, 0.3) is 0 Å². The lowest BCUT2D eigenvalue weighted by Gasteiger charge is -2.43. The number of aromatic nitrogens is 2. The molecular formula is C12H20N6O2. The van der Waals surface area contributed by atoms with Crippen LogP contribution in [0.2, 0.25) is 0 Å². The third-order valence-corrected chi connectivity index (χ3v) is 3.82. The molecule has 0 spiro atoms. The average molecular weight is 280 g/mol. The van der Waals surface area contributed by atoms with Crippen LogP contribution in [0.25, 0.3) is 0 Å². The molecule has 0 aliphatic carbocycles. The zero-order valence-electron chi connectivity index (χ0n) is 11.6. The van der Waals surface area contributed by atoms with E-state index in [0.717, 1.165) is 39.3 Å². The predicted octanol–water partition coefficient (Wildman–Crippen LogP) is -1.09. The summed E-state index contributed by atoms with van der Waals surface area (Å²) >= 11 is 0. The summed E-state index contributed by atoms with van der Waals surface area (Å²) < 4.78 is 5.13. The Morgan fingerprint density at radius 1 is 1.35 bits per heavy atom. The third-order valence-electron chi connectivity index (χ3n) is 3.82. The van der Waals surface area contributed by atoms with Crippen LogP contribution in [0, 0.1) is 6.92 Å². The minimum atomic E-state index is -0.104. The van der Waals surface area contributed by atoms with Gasteiger partial charge in [0.1, 0.15) is 0 Å². The molecule has 8 nitrogen and oxygen atoms in total. The highest BCUT2D eigenvalue weighted by Gasteiger charge is 2.28. The number of piperazine rings is 1. The second-order valence-electron chi connectivity index (χ2n) is 5.30. The van der Waals surface area contributed by atoms with E-state index in [1.165, 1.54) is 0 Å². The van der Waals surface area contributed by atoms with E-state index in [1.807, 2.05) is 0 Å². The van der Waals surface area contributed by atoms with Crippen LogP contribution in [-0.4, -0.2) is 77.8 Å². The highest BCUT2D eigenvalue weighted by Crippen LogP contribution is 2.10. The molecular weight excluding hydrogens is 260 g/mol. The average Bonchev–Trinajstić information content (AvgIpc) is 2.75. The molecule has 110 valence electrons. The standard InChI is InChI=1S/C12H20N6O2/c1-9-15-16-12(20-9)14-11(19)8-17-2-4-18(5-3-17)10-6-13-7-10/h10,13H,2-8H2,1H3,(H,14,16,19). The Hall–Kier alpha value is -1.51. The number of rotatable bonds is 4. The van der Waals surface area contributed by atoms with Gasteiger partial charge in [-0.2, -0.15) is 0 Å². The summed E-state index contributed by atoms with van der Waals surface area (Å²) in [4.78, 5) is 16.5. The van der Waals surface area contributed by atoms with E-state index < -0.39 is 0 Å². The van der Waals surface area contributed by atoms with E-state index in [-0.39, 0.29) is 11.9 Å². The molecule has 1 aromatic rings. The fraction of sp³-hybridized carbons (Fsp3) is 0.750. The van der Waals surface area contributed by atoms with Crippen molar-refractivity contribution in [3.8, 4) is 0 Å². The molecule has 0 radical (unpaired) electrons. The lowest BCUT2D eigenvalue weighted by Crippen LogP contribution is -2.61. The largest absolute Gasteiger partial charge is 0.408 e. The molecule has 2 aliphatic rings. The van der Waals surface area contributed by atoms with E-state index >= 15 is 0 Å². The Bertz CT molecular complexity index is 464. The summed E-state index contributed by atoms with van der Waals surface area (Å²) in [5.41, 5.74) is 0. The first-order valence-corrected chi connectivity index (χ1v) is 6.98. The number of amides is 1. The van der Waals surface area contributed by atoms with Crippen molar-refractivity contribution in [3.05, 3.63) is 5.89 Å². The lowest BCUT2D eigenvalue weighted by atomic mass is 10.1. The van der Waals surface area contributed by atoms with Crippen LogP contribution < -0.4 is 10.6 Å². The van der Waals surface area contributed by atoms with Gasteiger partial charge in [-0.3, -0.25) is 19.9 Å². The summed E-state index contributed by atoms with van der Waals surface area (Å²) in [6, 6.07) is 0.860. The van der Waals surface area contributed by atoms with Gasteiger partial charge in [-0.1, -0.05) is 5.10 Å². The van der Waals surface area contributed by atoms with Gasteiger partial charge in [-0.15, -0.1) is 5.10 Å². The number of aryl methyl sites for hydroxylation is 1. The zero-order valence-corrected chi connectivity index (χ0v) is 11.6. The third kappa shape index (κ3) is 3.14. The van der Waals surface area contributed by atoms with E-state index in [0.29, 0.717) is 18.5 Å². The molecule has 0 saturated carbocycles. The minimum Gasteiger partial charge on any atom is -0.408 e. The maximum atomic E-state index is 11.9. The summed E-state index contributed by atoms with van der Waals surface area (Å²) in [6.45, 7) is 8.15. The van der Waals surface area contributed by atoms with E-state index in [2.05, 4.69) is 30.6 Å². The maximum absolute atomic E-state index is 11.9. The SMILES string of the molecule is Cc1nnc(NC(=O)CN2CCN(C3CNC3)CC2)o1. The summed E-state index contributed by atoms with van der Waals surface area (Å²) in [6.07, 6.45) is 0. The number of hydrogen-bond acceptors (Lipinski definition) is 7. The molecule has 0 aromatic carbocycles. The molecule has 1 amide bonds. The van der Waals surface area contributed by atoms with Crippen LogP contribution >= 0.6 is 0 Å². The van der Waals surface area contributed by atoms with Crippen molar-refractivity contribution in [1.82, 2.24) is 25.3 Å². The van der Waals surface area contributed by atoms with E-state index in [4.69, 9.17) is 4.42 Å². The van der Waals surface area contributed by atoms with Crippen LogP contribution in [0.15, 0.2) is 4.42 Å². The van der Waals surface area contributed by atoms with Crippen molar-refractivity contribution >= 4 is 11.9 Å². The fourth-order valence-electron chi connectivity index (χ4n) is 2.53. The molecule has 2 N–H and O–H groups in total. The Morgan fingerprint density at radius 3 is 2.65 bits per heavy atom. The quantitative estimate of drug-likeness (QED) is 0.724. The predicted molar refractivity (Wildman–Crippen MR) is 72.3 cm³/mol.